The number of nitrogens with zero attached hydrogens (tertiary/aromatic N) is 5. The Morgan fingerprint density at radius 1 is 0.902 bits per heavy atom. The first-order valence-electron chi connectivity index (χ1n) is 13.1. The van der Waals surface area contributed by atoms with Crippen molar-refractivity contribution in [1.29, 1.82) is 0 Å². The van der Waals surface area contributed by atoms with Gasteiger partial charge in [-0.2, -0.15) is 5.10 Å². The molecule has 3 aromatic rings. The Kier molecular flexibility index (Phi) is 12.6. The molecule has 0 atom stereocenters. The van der Waals surface area contributed by atoms with Gasteiger partial charge in [0.25, 0.3) is 0 Å². The van der Waals surface area contributed by atoms with Crippen molar-refractivity contribution in [3.05, 3.63) is 77.4 Å². The Hall–Kier alpha value is -4.13. The second-order valence-electron chi connectivity index (χ2n) is 10.2. The van der Waals surface area contributed by atoms with Gasteiger partial charge in [0.05, 0.1) is 29.9 Å². The van der Waals surface area contributed by atoms with Crippen molar-refractivity contribution in [1.82, 2.24) is 24.6 Å². The monoisotopic (exact) mass is 569 g/mol. The van der Waals surface area contributed by atoms with Gasteiger partial charge in [-0.25, -0.2) is 9.48 Å². The smallest absolute Gasteiger partial charge is 0.336 e. The van der Waals surface area contributed by atoms with Gasteiger partial charge < -0.3 is 25.3 Å². The third kappa shape index (κ3) is 11.5. The molecule has 0 aliphatic carbocycles. The van der Waals surface area contributed by atoms with Gasteiger partial charge >= 0.3 is 17.9 Å². The summed E-state index contributed by atoms with van der Waals surface area (Å²) in [5.41, 5.74) is 2.99. The Labute approximate surface area is 239 Å². The lowest BCUT2D eigenvalue weighted by atomic mass is 9.96. The second kappa shape index (κ2) is 15.6. The lowest BCUT2D eigenvalue weighted by Gasteiger charge is -2.23. The number of hydrogen-bond donors (Lipinski definition) is 4. The number of aliphatic hydroxyl groups is 1. The second-order valence-corrected chi connectivity index (χ2v) is 10.2. The zero-order chi connectivity index (χ0) is 30.6. The van der Waals surface area contributed by atoms with E-state index < -0.39 is 36.4 Å². The summed E-state index contributed by atoms with van der Waals surface area (Å²) in [4.78, 5) is 39.7. The summed E-state index contributed by atoms with van der Waals surface area (Å²) in [6.45, 7) is 8.02. The molecule has 0 spiro atoms. The van der Waals surface area contributed by atoms with E-state index in [9.17, 15) is 14.4 Å². The maximum Gasteiger partial charge on any atom is 0.336 e. The molecule has 12 heteroatoms. The highest BCUT2D eigenvalue weighted by atomic mass is 16.4. The van der Waals surface area contributed by atoms with Gasteiger partial charge in [0, 0.05) is 31.5 Å². The van der Waals surface area contributed by atoms with Crippen molar-refractivity contribution in [2.75, 3.05) is 27.2 Å². The third-order valence-electron chi connectivity index (χ3n) is 6.05. The molecule has 2 aromatic heterocycles. The van der Waals surface area contributed by atoms with Crippen LogP contribution < -0.4 is 0 Å². The fourth-order valence-electron chi connectivity index (χ4n) is 4.19. The van der Waals surface area contributed by atoms with E-state index in [2.05, 4.69) is 83.4 Å². The number of aliphatic carboxylic acids is 3. The van der Waals surface area contributed by atoms with E-state index in [1.807, 2.05) is 23.9 Å². The molecular formula is C29H39N5O7. The van der Waals surface area contributed by atoms with Crippen molar-refractivity contribution in [2.24, 2.45) is 0 Å². The molecule has 41 heavy (non-hydrogen) atoms. The Morgan fingerprint density at radius 3 is 2.10 bits per heavy atom. The third-order valence-corrected chi connectivity index (χ3v) is 6.05. The first kappa shape index (κ1) is 33.1. The molecule has 0 fully saturated rings. The number of carbonyl (C=O) groups is 3. The number of aromatic nitrogens is 3. The van der Waals surface area contributed by atoms with E-state index in [0.29, 0.717) is 0 Å². The molecule has 0 aliphatic heterocycles. The lowest BCUT2D eigenvalue weighted by molar-refractivity contribution is -0.170. The lowest BCUT2D eigenvalue weighted by Crippen LogP contribution is -2.42. The number of hydrogen-bond acceptors (Lipinski definition) is 8. The number of carboxylic acids is 3. The topological polar surface area (TPSA) is 169 Å². The van der Waals surface area contributed by atoms with E-state index in [0.717, 1.165) is 55.4 Å². The Balaban J connectivity index is 0.000000383. The molecule has 0 saturated carbocycles. The Bertz CT molecular complexity index is 1280. The van der Waals surface area contributed by atoms with Crippen molar-refractivity contribution in [3.63, 3.8) is 0 Å². The van der Waals surface area contributed by atoms with Gasteiger partial charge in [-0.15, -0.1) is 0 Å². The summed E-state index contributed by atoms with van der Waals surface area (Å²) in [6, 6.07) is 16.9. The van der Waals surface area contributed by atoms with Gasteiger partial charge in [-0.1, -0.05) is 18.2 Å². The van der Waals surface area contributed by atoms with Gasteiger partial charge in [-0.05, 0) is 76.8 Å². The fourth-order valence-corrected chi connectivity index (χ4v) is 4.19. The molecule has 1 aromatic carbocycles. The zero-order valence-corrected chi connectivity index (χ0v) is 23.9. The number of pyridine rings is 1. The largest absolute Gasteiger partial charge is 0.481 e. The molecule has 0 saturated heterocycles. The van der Waals surface area contributed by atoms with Crippen molar-refractivity contribution in [2.45, 2.75) is 51.8 Å². The van der Waals surface area contributed by atoms with E-state index in [1.165, 1.54) is 5.56 Å². The van der Waals surface area contributed by atoms with Crippen LogP contribution in [0.4, 0.5) is 0 Å². The number of benzene rings is 1. The van der Waals surface area contributed by atoms with E-state index in [1.54, 1.807) is 0 Å². The molecule has 0 bridgehead atoms. The van der Waals surface area contributed by atoms with Crippen molar-refractivity contribution in [3.8, 4) is 5.69 Å². The van der Waals surface area contributed by atoms with Crippen LogP contribution in [0.5, 0.6) is 0 Å². The first-order valence-corrected chi connectivity index (χ1v) is 13.1. The SMILES string of the molecule is Cc1cc(C)n(-c2cccc(CN(CCCN(C)C)Cc3ccccn3)c2)n1.O=C(O)CC(O)(CC(=O)O)C(=O)O. The molecule has 222 valence electrons. The maximum absolute atomic E-state index is 10.3. The molecule has 0 radical (unpaired) electrons. The first-order chi connectivity index (χ1) is 19.3. The van der Waals surface area contributed by atoms with Crippen LogP contribution in [0.15, 0.2) is 54.7 Å². The number of carboxylic acid groups (broad SMARTS) is 3. The summed E-state index contributed by atoms with van der Waals surface area (Å²) >= 11 is 0. The van der Waals surface area contributed by atoms with Crippen LogP contribution in [0.1, 0.15) is 41.9 Å². The quantitative estimate of drug-likeness (QED) is 0.225. The summed E-state index contributed by atoms with van der Waals surface area (Å²) in [7, 11) is 4.25. The van der Waals surface area contributed by atoms with Gasteiger partial charge in [0.15, 0.2) is 5.60 Å². The average molecular weight is 570 g/mol. The predicted octanol–water partition coefficient (Wildman–Crippen LogP) is 2.59. The maximum atomic E-state index is 10.3. The predicted molar refractivity (Wildman–Crippen MR) is 152 cm³/mol. The standard InChI is InChI=1S/C23H31N5.C6H8O7/c1-19-15-20(2)28(25-19)23-11-7-9-21(16-23)17-27(14-8-13-26(3)4)18-22-10-5-6-12-24-22;7-3(8)1-6(13,5(11)12)2-4(9)10/h5-7,9-12,15-16H,8,13-14,17-18H2,1-4H3;13H,1-2H2,(H,7,8)(H,9,10)(H,11,12). The summed E-state index contributed by atoms with van der Waals surface area (Å²) in [5.74, 6) is -5.02. The number of aryl methyl sites for hydroxylation is 2. The normalized spacial score (nSPS) is 11.3. The molecule has 0 unspecified atom stereocenters. The highest BCUT2D eigenvalue weighted by Crippen LogP contribution is 2.17. The zero-order valence-electron chi connectivity index (χ0n) is 23.9. The van der Waals surface area contributed by atoms with Crippen LogP contribution in [0.3, 0.4) is 0 Å². The van der Waals surface area contributed by atoms with E-state index in [4.69, 9.17) is 20.4 Å². The van der Waals surface area contributed by atoms with E-state index in [-0.39, 0.29) is 0 Å². The van der Waals surface area contributed by atoms with Crippen LogP contribution in [0.2, 0.25) is 0 Å². The average Bonchev–Trinajstić information content (AvgIpc) is 3.21. The molecule has 3 rings (SSSR count). The molecule has 12 nitrogen and oxygen atoms in total. The van der Waals surface area contributed by atoms with Gasteiger partial charge in [-0.3, -0.25) is 19.5 Å². The summed E-state index contributed by atoms with van der Waals surface area (Å²) in [6.07, 6.45) is 0.719. The van der Waals surface area contributed by atoms with Crippen molar-refractivity contribution < 1.29 is 34.8 Å². The molecule has 2 heterocycles. The van der Waals surface area contributed by atoms with Gasteiger partial charge in [0.2, 0.25) is 0 Å². The highest BCUT2D eigenvalue weighted by molar-refractivity contribution is 5.88. The minimum absolute atomic E-state index is 0.860. The summed E-state index contributed by atoms with van der Waals surface area (Å²) in [5, 5.41) is 38.4. The van der Waals surface area contributed by atoms with Gasteiger partial charge in [0.1, 0.15) is 0 Å². The van der Waals surface area contributed by atoms with Crippen LogP contribution >= 0.6 is 0 Å². The van der Waals surface area contributed by atoms with Crippen LogP contribution in [-0.2, 0) is 27.5 Å². The molecule has 0 amide bonds. The minimum atomic E-state index is -2.74. The van der Waals surface area contributed by atoms with Crippen LogP contribution in [-0.4, -0.2) is 95.7 Å². The van der Waals surface area contributed by atoms with Crippen molar-refractivity contribution >= 4 is 17.9 Å². The van der Waals surface area contributed by atoms with Crippen LogP contribution in [0.25, 0.3) is 5.69 Å². The fraction of sp³-hybridized carbons (Fsp3) is 0.414. The molecule has 4 N–H and O–H groups in total. The minimum Gasteiger partial charge on any atom is -0.481 e. The molecular weight excluding hydrogens is 530 g/mol. The number of rotatable bonds is 14. The van der Waals surface area contributed by atoms with E-state index >= 15 is 0 Å². The Morgan fingerprint density at radius 2 is 1.59 bits per heavy atom. The molecule has 0 aliphatic rings. The highest BCUT2D eigenvalue weighted by Gasteiger charge is 2.40. The summed E-state index contributed by atoms with van der Waals surface area (Å²) < 4.78 is 2.02. The van der Waals surface area contributed by atoms with Crippen LogP contribution in [0, 0.1) is 13.8 Å².